The summed E-state index contributed by atoms with van der Waals surface area (Å²) < 4.78 is 0. The lowest BCUT2D eigenvalue weighted by atomic mass is 9.96. The third-order valence-electron chi connectivity index (χ3n) is 6.06. The maximum absolute atomic E-state index is 12.4. The molecule has 2 bridgehead atoms. The number of thiocarbonyl (C=S) groups is 1. The monoisotopic (exact) mass is 398 g/mol. The molecule has 7 heteroatoms. The Morgan fingerprint density at radius 1 is 1.21 bits per heavy atom. The molecule has 3 unspecified atom stereocenters. The zero-order valence-electron chi connectivity index (χ0n) is 15.8. The predicted molar refractivity (Wildman–Crippen MR) is 113 cm³/mol. The number of carbonyl (C=O) groups is 1. The van der Waals surface area contributed by atoms with Crippen molar-refractivity contribution in [3.05, 3.63) is 42.0 Å². The van der Waals surface area contributed by atoms with Crippen molar-refractivity contribution in [1.29, 1.82) is 0 Å². The first kappa shape index (κ1) is 18.9. The Morgan fingerprint density at radius 3 is 2.68 bits per heavy atom. The fraction of sp³-hybridized carbons (Fsp3) is 0.476. The maximum atomic E-state index is 12.4. The van der Waals surface area contributed by atoms with Gasteiger partial charge in [-0.25, -0.2) is 5.43 Å². The molecule has 1 aliphatic heterocycles. The highest BCUT2D eigenvalue weighted by Crippen LogP contribution is 2.39. The van der Waals surface area contributed by atoms with Gasteiger partial charge < -0.3 is 15.3 Å². The number of nitrogens with zero attached hydrogens (tertiary/aromatic N) is 2. The molecule has 0 radical (unpaired) electrons. The Morgan fingerprint density at radius 2 is 2.00 bits per heavy atom. The van der Waals surface area contributed by atoms with Crippen LogP contribution < -0.4 is 10.7 Å². The van der Waals surface area contributed by atoms with Crippen LogP contribution in [-0.2, 0) is 4.79 Å². The summed E-state index contributed by atoms with van der Waals surface area (Å²) in [4.78, 5) is 14.5. The summed E-state index contributed by atoms with van der Waals surface area (Å²) in [5.41, 5.74) is 3.17. The number of amides is 1. The molecule has 6 nitrogen and oxygen atoms in total. The van der Waals surface area contributed by atoms with E-state index in [0.717, 1.165) is 37.0 Å². The van der Waals surface area contributed by atoms with E-state index < -0.39 is 0 Å². The molecule has 148 valence electrons. The molecule has 0 spiro atoms. The van der Waals surface area contributed by atoms with Gasteiger partial charge in [-0.1, -0.05) is 24.3 Å². The number of likely N-dealkylation sites (tertiary alicyclic amines) is 1. The van der Waals surface area contributed by atoms with Gasteiger partial charge >= 0.3 is 0 Å². The first-order valence-electron chi connectivity index (χ1n) is 9.95. The van der Waals surface area contributed by atoms with E-state index in [1.54, 1.807) is 18.2 Å². The summed E-state index contributed by atoms with van der Waals surface area (Å²) in [6.45, 7) is 1.56. The number of fused-ring (bicyclic) bond motifs is 2. The lowest BCUT2D eigenvalue weighted by Crippen LogP contribution is -2.49. The van der Waals surface area contributed by atoms with Gasteiger partial charge in [0.1, 0.15) is 5.75 Å². The number of phenols is 1. The number of carbonyl (C=O) groups excluding carboxylic acids is 1. The number of allylic oxidation sites excluding steroid dienone is 1. The van der Waals surface area contributed by atoms with Crippen LogP contribution in [-0.4, -0.2) is 46.4 Å². The summed E-state index contributed by atoms with van der Waals surface area (Å²) in [7, 11) is 0. The van der Waals surface area contributed by atoms with E-state index in [0.29, 0.717) is 17.5 Å². The number of hydrogen-bond donors (Lipinski definition) is 3. The second-order valence-corrected chi connectivity index (χ2v) is 8.28. The molecular weight excluding hydrogens is 372 g/mol. The Kier molecular flexibility index (Phi) is 5.62. The van der Waals surface area contributed by atoms with Crippen LogP contribution in [0.1, 0.15) is 31.2 Å². The van der Waals surface area contributed by atoms with Crippen molar-refractivity contribution in [2.24, 2.45) is 22.9 Å². The highest BCUT2D eigenvalue weighted by Gasteiger charge is 2.36. The smallest absolute Gasteiger partial charge is 0.243 e. The normalized spacial score (nSPS) is 26.7. The van der Waals surface area contributed by atoms with E-state index in [1.807, 2.05) is 6.07 Å². The zero-order valence-corrected chi connectivity index (χ0v) is 16.6. The molecule has 1 aromatic carbocycles. The Hall–Kier alpha value is -2.41. The number of para-hydroxylation sites is 1. The van der Waals surface area contributed by atoms with Gasteiger partial charge in [0.25, 0.3) is 0 Å². The first-order valence-corrected chi connectivity index (χ1v) is 10.4. The molecule has 3 N–H and O–H groups in total. The largest absolute Gasteiger partial charge is 0.507 e. The van der Waals surface area contributed by atoms with Crippen molar-refractivity contribution in [3.63, 3.8) is 0 Å². The molecule has 1 amide bonds. The molecule has 3 atom stereocenters. The topological polar surface area (TPSA) is 77.0 Å². The molecule has 4 rings (SSSR count). The SMILES string of the molecule is O=C(NN=Cc1ccccc1O)C1CCN(C(=S)NC2CC3C=CC2C3)CC1. The molecular formula is C21H26N4O2S. The summed E-state index contributed by atoms with van der Waals surface area (Å²) in [5.74, 6) is 1.33. The highest BCUT2D eigenvalue weighted by molar-refractivity contribution is 7.80. The lowest BCUT2D eigenvalue weighted by molar-refractivity contribution is -0.126. The molecule has 28 heavy (non-hydrogen) atoms. The van der Waals surface area contributed by atoms with Gasteiger partial charge in [-0.3, -0.25) is 4.79 Å². The number of aromatic hydroxyl groups is 1. The van der Waals surface area contributed by atoms with Gasteiger partial charge in [-0.2, -0.15) is 5.10 Å². The van der Waals surface area contributed by atoms with Crippen molar-refractivity contribution >= 4 is 29.5 Å². The number of rotatable bonds is 4. The molecule has 1 aromatic rings. The number of hydrazone groups is 1. The van der Waals surface area contributed by atoms with Crippen LogP contribution in [0.15, 0.2) is 41.5 Å². The zero-order chi connectivity index (χ0) is 19.5. The van der Waals surface area contributed by atoms with Crippen molar-refractivity contribution < 1.29 is 9.90 Å². The molecule has 2 fully saturated rings. The quantitative estimate of drug-likeness (QED) is 0.314. The van der Waals surface area contributed by atoms with E-state index in [9.17, 15) is 9.90 Å². The van der Waals surface area contributed by atoms with Gasteiger partial charge in [0.2, 0.25) is 5.91 Å². The minimum Gasteiger partial charge on any atom is -0.507 e. The van der Waals surface area contributed by atoms with Gasteiger partial charge in [0.05, 0.1) is 6.21 Å². The van der Waals surface area contributed by atoms with Crippen molar-refractivity contribution in [3.8, 4) is 5.75 Å². The van der Waals surface area contributed by atoms with Crippen molar-refractivity contribution in [1.82, 2.24) is 15.6 Å². The number of piperidine rings is 1. The number of phenolic OH excluding ortho intramolecular Hbond substituents is 1. The summed E-state index contributed by atoms with van der Waals surface area (Å²) in [5, 5.41) is 18.1. The fourth-order valence-electron chi connectivity index (χ4n) is 4.39. The van der Waals surface area contributed by atoms with Crippen LogP contribution >= 0.6 is 12.2 Å². The highest BCUT2D eigenvalue weighted by atomic mass is 32.1. The van der Waals surface area contributed by atoms with E-state index in [1.165, 1.54) is 19.1 Å². The second-order valence-electron chi connectivity index (χ2n) is 7.89. The molecule has 1 saturated heterocycles. The number of benzene rings is 1. The van der Waals surface area contributed by atoms with Crippen molar-refractivity contribution in [2.75, 3.05) is 13.1 Å². The predicted octanol–water partition coefficient (Wildman–Crippen LogP) is 2.39. The van der Waals surface area contributed by atoms with Crippen LogP contribution in [0.3, 0.4) is 0 Å². The van der Waals surface area contributed by atoms with Gasteiger partial charge in [-0.05, 0) is 61.9 Å². The number of hydrogen-bond acceptors (Lipinski definition) is 4. The molecule has 2 aliphatic carbocycles. The van der Waals surface area contributed by atoms with Crippen molar-refractivity contribution in [2.45, 2.75) is 31.7 Å². The van der Waals surface area contributed by atoms with Gasteiger partial charge in [0, 0.05) is 30.6 Å². The molecule has 3 aliphatic rings. The number of nitrogens with one attached hydrogen (secondary N) is 2. The average Bonchev–Trinajstić information content (AvgIpc) is 3.32. The van der Waals surface area contributed by atoms with Gasteiger partial charge in [-0.15, -0.1) is 0 Å². The van der Waals surface area contributed by atoms with Crippen LogP contribution in [0.5, 0.6) is 5.75 Å². The Labute approximate surface area is 170 Å². The first-order chi connectivity index (χ1) is 13.6. The molecule has 1 saturated carbocycles. The minimum atomic E-state index is -0.0801. The van der Waals surface area contributed by atoms with Crippen LogP contribution in [0.4, 0.5) is 0 Å². The van der Waals surface area contributed by atoms with E-state index in [2.05, 4.69) is 32.9 Å². The van der Waals surface area contributed by atoms with Crippen LogP contribution in [0, 0.1) is 17.8 Å². The van der Waals surface area contributed by atoms with Crippen LogP contribution in [0.25, 0.3) is 0 Å². The van der Waals surface area contributed by atoms with E-state index >= 15 is 0 Å². The minimum absolute atomic E-state index is 0.0639. The second kappa shape index (κ2) is 8.31. The Bertz CT molecular complexity index is 801. The molecule has 0 aromatic heterocycles. The van der Waals surface area contributed by atoms with E-state index in [4.69, 9.17) is 12.2 Å². The third kappa shape index (κ3) is 4.19. The standard InChI is InChI=1S/C21H26N4O2S/c26-19-4-2-1-3-17(19)13-22-24-20(27)15-7-9-25(10-8-15)21(28)23-18-12-14-5-6-16(18)11-14/h1-6,13-16,18,26H,7-12H2,(H,23,28)(H,24,27). The Balaban J connectivity index is 1.21. The van der Waals surface area contributed by atoms with Gasteiger partial charge in [0.15, 0.2) is 5.11 Å². The molecule has 1 heterocycles. The lowest BCUT2D eigenvalue weighted by Gasteiger charge is -2.35. The van der Waals surface area contributed by atoms with E-state index in [-0.39, 0.29) is 17.6 Å². The van der Waals surface area contributed by atoms with Crippen LogP contribution in [0.2, 0.25) is 0 Å². The third-order valence-corrected chi connectivity index (χ3v) is 6.43. The summed E-state index contributed by atoms with van der Waals surface area (Å²) in [6.07, 6.45) is 10.1. The summed E-state index contributed by atoms with van der Waals surface area (Å²) >= 11 is 5.61. The fourth-order valence-corrected chi connectivity index (χ4v) is 4.73. The summed E-state index contributed by atoms with van der Waals surface area (Å²) in [6, 6.07) is 7.34. The maximum Gasteiger partial charge on any atom is 0.243 e. The average molecular weight is 399 g/mol.